The van der Waals surface area contributed by atoms with Gasteiger partial charge >= 0.3 is 12.2 Å². The molecule has 0 aliphatic carbocycles. The summed E-state index contributed by atoms with van der Waals surface area (Å²) in [5.74, 6) is 0. The fourth-order valence-corrected chi connectivity index (χ4v) is 2.18. The fraction of sp³-hybridized carbons (Fsp3) is 0.462. The molecule has 0 saturated carbocycles. The van der Waals surface area contributed by atoms with Crippen LogP contribution < -0.4 is 11.1 Å². The number of nitrogens with two attached hydrogens (primary N) is 1. The van der Waals surface area contributed by atoms with Crippen LogP contribution in [-0.4, -0.2) is 24.0 Å². The van der Waals surface area contributed by atoms with Gasteiger partial charge in [0.05, 0.1) is 5.56 Å². The van der Waals surface area contributed by atoms with Gasteiger partial charge in [-0.1, -0.05) is 0 Å². The molecule has 7 heteroatoms. The fourth-order valence-electron chi connectivity index (χ4n) is 2.18. The van der Waals surface area contributed by atoms with E-state index >= 15 is 0 Å². The summed E-state index contributed by atoms with van der Waals surface area (Å²) in [7, 11) is 0. The molecule has 2 rings (SSSR count). The quantitative estimate of drug-likeness (QED) is 0.878. The van der Waals surface area contributed by atoms with Gasteiger partial charge in [-0.15, -0.1) is 0 Å². The molecular formula is C13H16F3N3O. The summed E-state index contributed by atoms with van der Waals surface area (Å²) in [6.45, 7) is 1.27. The number of carbonyl (C=O) groups excluding carboxylic acids is 1. The summed E-state index contributed by atoms with van der Waals surface area (Å²) in [4.78, 5) is 13.6. The molecule has 1 aromatic carbocycles. The van der Waals surface area contributed by atoms with Gasteiger partial charge in [0, 0.05) is 25.3 Å². The Morgan fingerprint density at radius 2 is 1.95 bits per heavy atom. The zero-order valence-electron chi connectivity index (χ0n) is 10.8. The monoisotopic (exact) mass is 287 g/mol. The number of anilines is 1. The first-order valence-corrected chi connectivity index (χ1v) is 6.38. The Labute approximate surface area is 114 Å². The number of hydrogen-bond donors (Lipinski definition) is 2. The van der Waals surface area contributed by atoms with Gasteiger partial charge in [0.15, 0.2) is 0 Å². The van der Waals surface area contributed by atoms with Crippen molar-refractivity contribution in [2.45, 2.75) is 25.6 Å². The van der Waals surface area contributed by atoms with Gasteiger partial charge in [-0.2, -0.15) is 13.2 Å². The van der Waals surface area contributed by atoms with Crippen molar-refractivity contribution < 1.29 is 18.0 Å². The largest absolute Gasteiger partial charge is 0.416 e. The lowest BCUT2D eigenvalue weighted by Crippen LogP contribution is -2.32. The Bertz CT molecular complexity index is 496. The van der Waals surface area contributed by atoms with Gasteiger partial charge in [0.25, 0.3) is 0 Å². The summed E-state index contributed by atoms with van der Waals surface area (Å²) in [5.41, 5.74) is 5.29. The predicted molar refractivity (Wildman–Crippen MR) is 69.2 cm³/mol. The van der Waals surface area contributed by atoms with Gasteiger partial charge < -0.3 is 16.0 Å². The summed E-state index contributed by atoms with van der Waals surface area (Å²) >= 11 is 0. The average Bonchev–Trinajstić information content (AvgIpc) is 2.91. The Balaban J connectivity index is 2.17. The van der Waals surface area contributed by atoms with Gasteiger partial charge in [-0.25, -0.2) is 4.79 Å². The van der Waals surface area contributed by atoms with Crippen LogP contribution in [0.25, 0.3) is 0 Å². The van der Waals surface area contributed by atoms with Crippen molar-refractivity contribution in [3.63, 3.8) is 0 Å². The number of nitrogens with one attached hydrogen (secondary N) is 1. The number of benzene rings is 1. The smallest absolute Gasteiger partial charge is 0.326 e. The number of rotatable bonds is 2. The number of amides is 2. The van der Waals surface area contributed by atoms with Crippen molar-refractivity contribution in [3.05, 3.63) is 29.3 Å². The highest BCUT2D eigenvalue weighted by atomic mass is 19.4. The highest BCUT2D eigenvalue weighted by molar-refractivity contribution is 5.90. The summed E-state index contributed by atoms with van der Waals surface area (Å²) in [6, 6.07) is 2.87. The van der Waals surface area contributed by atoms with E-state index in [2.05, 4.69) is 5.32 Å². The van der Waals surface area contributed by atoms with Gasteiger partial charge in [0.1, 0.15) is 0 Å². The Kier molecular flexibility index (Phi) is 4.17. The minimum absolute atomic E-state index is 0.0699. The molecule has 0 aromatic heterocycles. The highest BCUT2D eigenvalue weighted by Crippen LogP contribution is 2.31. The van der Waals surface area contributed by atoms with Crippen molar-refractivity contribution >= 4 is 11.7 Å². The van der Waals surface area contributed by atoms with E-state index in [1.54, 1.807) is 4.90 Å². The maximum atomic E-state index is 12.6. The second-order valence-electron chi connectivity index (χ2n) is 4.70. The molecule has 0 bridgehead atoms. The topological polar surface area (TPSA) is 58.4 Å². The summed E-state index contributed by atoms with van der Waals surface area (Å²) in [6.07, 6.45) is -2.52. The molecule has 110 valence electrons. The molecule has 4 nitrogen and oxygen atoms in total. The third-order valence-corrected chi connectivity index (χ3v) is 3.29. The normalized spacial score (nSPS) is 15.5. The number of likely N-dealkylation sites (tertiary alicyclic amines) is 1. The molecule has 0 spiro atoms. The lowest BCUT2D eigenvalue weighted by atomic mass is 10.1. The molecule has 1 aliphatic rings. The summed E-state index contributed by atoms with van der Waals surface area (Å²) in [5, 5.41) is 2.62. The zero-order chi connectivity index (χ0) is 14.8. The first kappa shape index (κ1) is 14.6. The molecule has 1 heterocycles. The molecule has 0 radical (unpaired) electrons. The van der Waals surface area contributed by atoms with Gasteiger partial charge in [-0.05, 0) is 36.6 Å². The first-order chi connectivity index (χ1) is 9.41. The maximum Gasteiger partial charge on any atom is 0.416 e. The van der Waals surface area contributed by atoms with Crippen LogP contribution in [0.4, 0.5) is 23.7 Å². The highest BCUT2D eigenvalue weighted by Gasteiger charge is 2.31. The second kappa shape index (κ2) is 5.70. The van der Waals surface area contributed by atoms with E-state index in [1.165, 1.54) is 6.07 Å². The molecule has 1 fully saturated rings. The van der Waals surface area contributed by atoms with Crippen LogP contribution in [0.5, 0.6) is 0 Å². The van der Waals surface area contributed by atoms with Gasteiger partial charge in [0.2, 0.25) is 0 Å². The van der Waals surface area contributed by atoms with Crippen LogP contribution in [-0.2, 0) is 12.7 Å². The van der Waals surface area contributed by atoms with E-state index in [1.807, 2.05) is 0 Å². The van der Waals surface area contributed by atoms with Crippen molar-refractivity contribution in [1.29, 1.82) is 0 Å². The van der Waals surface area contributed by atoms with E-state index in [0.29, 0.717) is 18.8 Å². The third kappa shape index (κ3) is 3.22. The SMILES string of the molecule is NCc1cc(C(F)(F)F)ccc1NC(=O)N1CCCC1. The Morgan fingerprint density at radius 3 is 2.50 bits per heavy atom. The molecule has 1 saturated heterocycles. The van der Waals surface area contributed by atoms with Crippen LogP contribution in [0.1, 0.15) is 24.0 Å². The summed E-state index contributed by atoms with van der Waals surface area (Å²) < 4.78 is 37.8. The molecule has 0 atom stereocenters. The molecular weight excluding hydrogens is 271 g/mol. The van der Waals surface area contributed by atoms with Gasteiger partial charge in [-0.3, -0.25) is 0 Å². The first-order valence-electron chi connectivity index (χ1n) is 6.38. The van der Waals surface area contributed by atoms with Crippen LogP contribution in [0.2, 0.25) is 0 Å². The van der Waals surface area contributed by atoms with E-state index in [9.17, 15) is 18.0 Å². The third-order valence-electron chi connectivity index (χ3n) is 3.29. The number of nitrogens with zero attached hydrogens (tertiary/aromatic N) is 1. The zero-order valence-corrected chi connectivity index (χ0v) is 10.8. The van der Waals surface area contributed by atoms with Crippen molar-refractivity contribution in [3.8, 4) is 0 Å². The molecule has 3 N–H and O–H groups in total. The van der Waals surface area contributed by atoms with E-state index in [4.69, 9.17) is 5.73 Å². The predicted octanol–water partition coefficient (Wildman–Crippen LogP) is 2.79. The Hall–Kier alpha value is -1.76. The molecule has 1 aromatic rings. The Morgan fingerprint density at radius 1 is 1.30 bits per heavy atom. The number of urea groups is 1. The number of carbonyl (C=O) groups is 1. The van der Waals surface area contributed by atoms with Crippen LogP contribution in [0.3, 0.4) is 0 Å². The van der Waals surface area contributed by atoms with Crippen molar-refractivity contribution in [1.82, 2.24) is 4.90 Å². The number of halogens is 3. The number of alkyl halides is 3. The minimum Gasteiger partial charge on any atom is -0.326 e. The maximum absolute atomic E-state index is 12.6. The number of hydrogen-bond acceptors (Lipinski definition) is 2. The molecule has 2 amide bonds. The van der Waals surface area contributed by atoms with E-state index < -0.39 is 11.7 Å². The lowest BCUT2D eigenvalue weighted by Gasteiger charge is -2.18. The molecule has 0 unspecified atom stereocenters. The van der Waals surface area contributed by atoms with E-state index in [-0.39, 0.29) is 18.1 Å². The van der Waals surface area contributed by atoms with E-state index in [0.717, 1.165) is 25.0 Å². The minimum atomic E-state index is -4.42. The van der Waals surface area contributed by atoms with Crippen LogP contribution >= 0.6 is 0 Å². The second-order valence-corrected chi connectivity index (χ2v) is 4.70. The average molecular weight is 287 g/mol. The van der Waals surface area contributed by atoms with Crippen molar-refractivity contribution in [2.24, 2.45) is 5.73 Å². The van der Waals surface area contributed by atoms with Crippen LogP contribution in [0, 0.1) is 0 Å². The lowest BCUT2D eigenvalue weighted by molar-refractivity contribution is -0.137. The standard InChI is InChI=1S/C13H16F3N3O/c14-13(15,16)10-3-4-11(9(7-10)8-17)18-12(20)19-5-1-2-6-19/h3-4,7H,1-2,5-6,8,17H2,(H,18,20). The van der Waals surface area contributed by atoms with Crippen molar-refractivity contribution in [2.75, 3.05) is 18.4 Å². The molecule has 20 heavy (non-hydrogen) atoms. The molecule has 1 aliphatic heterocycles. The van der Waals surface area contributed by atoms with Crippen LogP contribution in [0.15, 0.2) is 18.2 Å².